The van der Waals surface area contributed by atoms with Gasteiger partial charge in [0, 0.05) is 24.3 Å². The number of carbonyl (C=O) groups excluding carboxylic acids is 2. The molecule has 0 aliphatic heterocycles. The van der Waals surface area contributed by atoms with E-state index in [0.29, 0.717) is 23.5 Å². The van der Waals surface area contributed by atoms with Crippen LogP contribution >= 0.6 is 0 Å². The van der Waals surface area contributed by atoms with E-state index in [0.717, 1.165) is 16.7 Å². The average Bonchev–Trinajstić information content (AvgIpc) is 2.79. The van der Waals surface area contributed by atoms with Crippen LogP contribution in [-0.2, 0) is 6.54 Å². The number of rotatable bonds is 8. The van der Waals surface area contributed by atoms with Gasteiger partial charge in [-0.1, -0.05) is 36.4 Å². The minimum atomic E-state index is -0.479. The molecule has 0 saturated heterocycles. The molecule has 4 N–H and O–H groups in total. The highest BCUT2D eigenvalue weighted by molar-refractivity contribution is 5.93. The van der Waals surface area contributed by atoms with Crippen molar-refractivity contribution in [3.05, 3.63) is 83.9 Å². The van der Waals surface area contributed by atoms with Crippen LogP contribution in [-0.4, -0.2) is 42.2 Å². The molecule has 0 spiro atoms. The van der Waals surface area contributed by atoms with Crippen LogP contribution in [0.25, 0.3) is 11.1 Å². The van der Waals surface area contributed by atoms with Crippen LogP contribution in [0.1, 0.15) is 15.9 Å². The zero-order valence-electron chi connectivity index (χ0n) is 17.2. The highest BCUT2D eigenvalue weighted by Crippen LogP contribution is 2.23. The predicted octanol–water partition coefficient (Wildman–Crippen LogP) is 3.49. The van der Waals surface area contributed by atoms with E-state index < -0.39 is 5.91 Å². The van der Waals surface area contributed by atoms with Crippen LogP contribution in [0.4, 0.5) is 10.5 Å². The molecule has 0 heterocycles. The van der Waals surface area contributed by atoms with Gasteiger partial charge in [0.25, 0.3) is 0 Å². The van der Waals surface area contributed by atoms with E-state index in [1.807, 2.05) is 54.6 Å². The molecule has 31 heavy (non-hydrogen) atoms. The molecule has 7 heteroatoms. The SMILES string of the molecule is COc1cccc(CN(CCO)C(=O)Nc2cccc(-c3ccc(C(N)=O)cc3)c2)c1. The van der Waals surface area contributed by atoms with Crippen molar-refractivity contribution in [2.45, 2.75) is 6.54 Å². The second kappa shape index (κ2) is 10.3. The summed E-state index contributed by atoms with van der Waals surface area (Å²) in [5.41, 5.74) is 9.02. The number of nitrogens with zero attached hydrogens (tertiary/aromatic N) is 1. The molecule has 3 aromatic carbocycles. The summed E-state index contributed by atoms with van der Waals surface area (Å²) in [7, 11) is 1.59. The van der Waals surface area contributed by atoms with Gasteiger partial charge < -0.3 is 25.8 Å². The number of methoxy groups -OCH3 is 1. The molecule has 3 aromatic rings. The highest BCUT2D eigenvalue weighted by Gasteiger charge is 2.14. The van der Waals surface area contributed by atoms with Crippen LogP contribution in [0.3, 0.4) is 0 Å². The monoisotopic (exact) mass is 419 g/mol. The maximum atomic E-state index is 12.8. The Morgan fingerprint density at radius 3 is 2.42 bits per heavy atom. The van der Waals surface area contributed by atoms with Gasteiger partial charge in [-0.3, -0.25) is 4.79 Å². The fourth-order valence-electron chi connectivity index (χ4n) is 3.17. The van der Waals surface area contributed by atoms with Crippen LogP contribution in [0.5, 0.6) is 5.75 Å². The molecule has 0 aromatic heterocycles. The van der Waals surface area contributed by atoms with E-state index in [9.17, 15) is 14.7 Å². The molecule has 0 aliphatic carbocycles. The van der Waals surface area contributed by atoms with Gasteiger partial charge >= 0.3 is 6.03 Å². The van der Waals surface area contributed by atoms with Crippen LogP contribution < -0.4 is 15.8 Å². The summed E-state index contributed by atoms with van der Waals surface area (Å²) in [4.78, 5) is 25.6. The number of urea groups is 1. The lowest BCUT2D eigenvalue weighted by Crippen LogP contribution is -2.36. The summed E-state index contributed by atoms with van der Waals surface area (Å²) < 4.78 is 5.23. The number of primary amides is 1. The lowest BCUT2D eigenvalue weighted by atomic mass is 10.0. The molecule has 0 aliphatic rings. The fourth-order valence-corrected chi connectivity index (χ4v) is 3.17. The maximum absolute atomic E-state index is 12.8. The van der Waals surface area contributed by atoms with Gasteiger partial charge in [0.2, 0.25) is 5.91 Å². The summed E-state index contributed by atoms with van der Waals surface area (Å²) in [6, 6.07) is 21.5. The first kappa shape index (κ1) is 21.9. The number of nitrogens with two attached hydrogens (primary N) is 1. The predicted molar refractivity (Wildman–Crippen MR) is 120 cm³/mol. The number of hydrogen-bond acceptors (Lipinski definition) is 4. The summed E-state index contributed by atoms with van der Waals surface area (Å²) in [6.07, 6.45) is 0. The number of ether oxygens (including phenoxy) is 1. The molecule has 160 valence electrons. The number of hydrogen-bond donors (Lipinski definition) is 3. The molecular formula is C24H25N3O4. The van der Waals surface area contributed by atoms with Crippen molar-refractivity contribution in [3.8, 4) is 16.9 Å². The van der Waals surface area contributed by atoms with Gasteiger partial charge in [-0.25, -0.2) is 4.79 Å². The Morgan fingerprint density at radius 2 is 1.74 bits per heavy atom. The summed E-state index contributed by atoms with van der Waals surface area (Å²) in [6.45, 7) is 0.374. The van der Waals surface area contributed by atoms with Crippen molar-refractivity contribution >= 4 is 17.6 Å². The van der Waals surface area contributed by atoms with E-state index in [4.69, 9.17) is 10.5 Å². The normalized spacial score (nSPS) is 10.4. The molecule has 0 bridgehead atoms. The van der Waals surface area contributed by atoms with Crippen molar-refractivity contribution in [2.75, 3.05) is 25.6 Å². The Labute approximate surface area is 181 Å². The van der Waals surface area contributed by atoms with E-state index in [2.05, 4.69) is 5.32 Å². The van der Waals surface area contributed by atoms with Gasteiger partial charge in [-0.15, -0.1) is 0 Å². The Hall–Kier alpha value is -3.84. The van der Waals surface area contributed by atoms with Crippen molar-refractivity contribution in [1.29, 1.82) is 0 Å². The Balaban J connectivity index is 1.74. The number of anilines is 1. The van der Waals surface area contributed by atoms with Gasteiger partial charge in [0.1, 0.15) is 5.75 Å². The molecular weight excluding hydrogens is 394 g/mol. The lowest BCUT2D eigenvalue weighted by Gasteiger charge is -2.23. The highest BCUT2D eigenvalue weighted by atomic mass is 16.5. The van der Waals surface area contributed by atoms with Crippen molar-refractivity contribution < 1.29 is 19.4 Å². The first-order valence-electron chi connectivity index (χ1n) is 9.80. The van der Waals surface area contributed by atoms with Gasteiger partial charge in [-0.2, -0.15) is 0 Å². The Morgan fingerprint density at radius 1 is 1.00 bits per heavy atom. The minimum Gasteiger partial charge on any atom is -0.497 e. The van der Waals surface area contributed by atoms with Crippen LogP contribution in [0.2, 0.25) is 0 Å². The number of benzene rings is 3. The van der Waals surface area contributed by atoms with E-state index in [-0.39, 0.29) is 19.2 Å². The van der Waals surface area contributed by atoms with Gasteiger partial charge in [-0.05, 0) is 53.1 Å². The number of nitrogens with one attached hydrogen (secondary N) is 1. The molecule has 0 unspecified atom stereocenters. The molecule has 0 fully saturated rings. The average molecular weight is 419 g/mol. The number of aliphatic hydroxyl groups excluding tert-OH is 1. The second-order valence-corrected chi connectivity index (χ2v) is 6.95. The largest absolute Gasteiger partial charge is 0.497 e. The third-order valence-electron chi connectivity index (χ3n) is 4.78. The summed E-state index contributed by atoms with van der Waals surface area (Å²) in [5.74, 6) is 0.226. The number of amides is 3. The zero-order valence-corrected chi connectivity index (χ0v) is 17.2. The Bertz CT molecular complexity index is 1050. The van der Waals surface area contributed by atoms with E-state index in [1.54, 1.807) is 25.3 Å². The Kier molecular flexibility index (Phi) is 7.24. The van der Waals surface area contributed by atoms with Crippen LogP contribution in [0.15, 0.2) is 72.8 Å². The topological polar surface area (TPSA) is 105 Å². The maximum Gasteiger partial charge on any atom is 0.322 e. The van der Waals surface area contributed by atoms with Crippen molar-refractivity contribution in [2.24, 2.45) is 5.73 Å². The quantitative estimate of drug-likeness (QED) is 0.520. The smallest absolute Gasteiger partial charge is 0.322 e. The molecule has 7 nitrogen and oxygen atoms in total. The second-order valence-electron chi connectivity index (χ2n) is 6.95. The number of aliphatic hydroxyl groups is 1. The first-order chi connectivity index (χ1) is 15.0. The molecule has 3 rings (SSSR count). The van der Waals surface area contributed by atoms with Gasteiger partial charge in [0.15, 0.2) is 0 Å². The standard InChI is InChI=1S/C24H25N3O4/c1-31-22-7-2-4-17(14-22)16-27(12-13-28)24(30)26-21-6-3-5-20(15-21)18-8-10-19(11-9-18)23(25)29/h2-11,14-15,28H,12-13,16H2,1H3,(H2,25,29)(H,26,30). The first-order valence-corrected chi connectivity index (χ1v) is 9.80. The van der Waals surface area contributed by atoms with Gasteiger partial charge in [0.05, 0.1) is 13.7 Å². The molecule has 0 radical (unpaired) electrons. The molecule has 3 amide bonds. The molecule has 0 atom stereocenters. The van der Waals surface area contributed by atoms with Crippen molar-refractivity contribution in [3.63, 3.8) is 0 Å². The summed E-state index contributed by atoms with van der Waals surface area (Å²) in [5, 5.41) is 12.3. The minimum absolute atomic E-state index is 0.149. The number of carbonyl (C=O) groups is 2. The van der Waals surface area contributed by atoms with Crippen molar-refractivity contribution in [1.82, 2.24) is 4.90 Å². The third kappa shape index (κ3) is 5.83. The molecule has 0 saturated carbocycles. The zero-order chi connectivity index (χ0) is 22.2. The van der Waals surface area contributed by atoms with E-state index in [1.165, 1.54) is 4.90 Å². The fraction of sp³-hybridized carbons (Fsp3) is 0.167. The lowest BCUT2D eigenvalue weighted by molar-refractivity contribution is 0.1000. The van der Waals surface area contributed by atoms with E-state index >= 15 is 0 Å². The summed E-state index contributed by atoms with van der Waals surface area (Å²) >= 11 is 0. The third-order valence-corrected chi connectivity index (χ3v) is 4.78. The van der Waals surface area contributed by atoms with Crippen LogP contribution in [0, 0.1) is 0 Å².